The lowest BCUT2D eigenvalue weighted by molar-refractivity contribution is -0.119. The van der Waals surface area contributed by atoms with Gasteiger partial charge < -0.3 is 5.32 Å². The van der Waals surface area contributed by atoms with Gasteiger partial charge in [0.25, 0.3) is 0 Å². The van der Waals surface area contributed by atoms with Crippen molar-refractivity contribution in [2.24, 2.45) is 0 Å². The van der Waals surface area contributed by atoms with Crippen LogP contribution < -0.4 is 5.32 Å². The summed E-state index contributed by atoms with van der Waals surface area (Å²) in [6.45, 7) is 4.04. The third kappa shape index (κ3) is 3.94. The summed E-state index contributed by atoms with van der Waals surface area (Å²) in [6, 6.07) is 7.82. The third-order valence-corrected chi connectivity index (χ3v) is 4.28. The third-order valence-electron chi connectivity index (χ3n) is 4.09. The zero-order valence-corrected chi connectivity index (χ0v) is 15.2. The van der Waals surface area contributed by atoms with Gasteiger partial charge in [-0.3, -0.25) is 14.2 Å². The van der Waals surface area contributed by atoms with Crippen LogP contribution in [0, 0.1) is 12.7 Å². The number of benzene rings is 1. The van der Waals surface area contributed by atoms with E-state index in [1.807, 2.05) is 13.8 Å². The molecule has 0 radical (unpaired) electrons. The summed E-state index contributed by atoms with van der Waals surface area (Å²) in [5.74, 6) is -0.0991. The molecule has 1 N–H and O–H groups in total. The van der Waals surface area contributed by atoms with E-state index in [9.17, 15) is 9.18 Å². The Bertz CT molecular complexity index is 920. The molecular weight excluding hydrogens is 357 g/mol. The van der Waals surface area contributed by atoms with Gasteiger partial charge >= 0.3 is 0 Å². The number of anilines is 1. The van der Waals surface area contributed by atoms with E-state index in [2.05, 4.69) is 15.5 Å². The number of nitrogens with zero attached hydrogens (tertiary/aromatic N) is 4. The standard InChI is InChI=1S/C18H19ClFN5O/c1-3-16(25-11-14(19)9-21-25)18(26)22-17-8-12(2)24(23-17)10-13-6-4-5-7-15(13)20/h4-9,11,16H,3,10H2,1-2H3,(H,22,23,26). The molecule has 0 saturated heterocycles. The highest BCUT2D eigenvalue weighted by Crippen LogP contribution is 2.18. The summed E-state index contributed by atoms with van der Waals surface area (Å²) in [4.78, 5) is 12.6. The van der Waals surface area contributed by atoms with E-state index in [-0.39, 0.29) is 11.7 Å². The average Bonchev–Trinajstić information content (AvgIpc) is 3.16. The van der Waals surface area contributed by atoms with Crippen LogP contribution in [0.2, 0.25) is 5.02 Å². The molecule has 3 aromatic rings. The lowest BCUT2D eigenvalue weighted by Crippen LogP contribution is -2.26. The Morgan fingerprint density at radius 1 is 1.38 bits per heavy atom. The first-order valence-corrected chi connectivity index (χ1v) is 8.64. The highest BCUT2D eigenvalue weighted by Gasteiger charge is 2.21. The zero-order valence-electron chi connectivity index (χ0n) is 14.5. The Hall–Kier alpha value is -2.67. The minimum Gasteiger partial charge on any atom is -0.307 e. The number of nitrogens with one attached hydrogen (secondary N) is 1. The van der Waals surface area contributed by atoms with Gasteiger partial charge in [-0.05, 0) is 19.4 Å². The largest absolute Gasteiger partial charge is 0.307 e. The average molecular weight is 376 g/mol. The van der Waals surface area contributed by atoms with Crippen LogP contribution in [-0.2, 0) is 11.3 Å². The van der Waals surface area contributed by atoms with E-state index in [4.69, 9.17) is 11.6 Å². The maximum Gasteiger partial charge on any atom is 0.250 e. The minimum atomic E-state index is -0.487. The molecule has 8 heteroatoms. The molecule has 0 saturated carbocycles. The van der Waals surface area contributed by atoms with E-state index in [0.29, 0.717) is 29.4 Å². The van der Waals surface area contributed by atoms with Crippen molar-refractivity contribution in [1.82, 2.24) is 19.6 Å². The summed E-state index contributed by atoms with van der Waals surface area (Å²) >= 11 is 5.88. The molecule has 1 unspecified atom stereocenters. The Labute approximate surface area is 155 Å². The first-order valence-electron chi connectivity index (χ1n) is 8.26. The number of carbonyl (C=O) groups excluding carboxylic acids is 1. The van der Waals surface area contributed by atoms with Crippen molar-refractivity contribution in [2.75, 3.05) is 5.32 Å². The maximum atomic E-state index is 13.8. The van der Waals surface area contributed by atoms with Gasteiger partial charge in [0, 0.05) is 23.5 Å². The van der Waals surface area contributed by atoms with Crippen molar-refractivity contribution in [3.63, 3.8) is 0 Å². The van der Waals surface area contributed by atoms with Crippen LogP contribution in [-0.4, -0.2) is 25.5 Å². The number of carbonyl (C=O) groups is 1. The van der Waals surface area contributed by atoms with Crippen molar-refractivity contribution in [2.45, 2.75) is 32.9 Å². The molecule has 2 aromatic heterocycles. The van der Waals surface area contributed by atoms with Gasteiger partial charge in [0.05, 0.1) is 17.8 Å². The number of amides is 1. The van der Waals surface area contributed by atoms with Crippen LogP contribution >= 0.6 is 11.6 Å². The fourth-order valence-corrected chi connectivity index (χ4v) is 2.85. The van der Waals surface area contributed by atoms with Crippen LogP contribution in [0.3, 0.4) is 0 Å². The predicted octanol–water partition coefficient (Wildman–Crippen LogP) is 3.82. The van der Waals surface area contributed by atoms with E-state index in [1.54, 1.807) is 35.1 Å². The maximum absolute atomic E-state index is 13.8. The Morgan fingerprint density at radius 2 is 2.15 bits per heavy atom. The Kier molecular flexibility index (Phi) is 5.37. The molecular formula is C18H19ClFN5O. The SMILES string of the molecule is CCC(C(=O)Nc1cc(C)n(Cc2ccccc2F)n1)n1cc(Cl)cn1. The number of rotatable bonds is 6. The monoisotopic (exact) mass is 375 g/mol. The van der Waals surface area contributed by atoms with Crippen LogP contribution in [0.1, 0.15) is 30.6 Å². The molecule has 3 rings (SSSR count). The van der Waals surface area contributed by atoms with Crippen molar-refractivity contribution >= 4 is 23.3 Å². The molecule has 0 spiro atoms. The Morgan fingerprint density at radius 3 is 2.81 bits per heavy atom. The topological polar surface area (TPSA) is 64.7 Å². The number of aromatic nitrogens is 4. The van der Waals surface area contributed by atoms with E-state index in [0.717, 1.165) is 5.69 Å². The smallest absolute Gasteiger partial charge is 0.250 e. The molecule has 0 fully saturated rings. The van der Waals surface area contributed by atoms with Gasteiger partial charge in [-0.25, -0.2) is 4.39 Å². The highest BCUT2D eigenvalue weighted by atomic mass is 35.5. The van der Waals surface area contributed by atoms with E-state index >= 15 is 0 Å². The number of halogens is 2. The lowest BCUT2D eigenvalue weighted by Gasteiger charge is -2.14. The summed E-state index contributed by atoms with van der Waals surface area (Å²) in [7, 11) is 0. The number of aryl methyl sites for hydroxylation is 1. The number of hydrogen-bond donors (Lipinski definition) is 1. The second kappa shape index (κ2) is 7.70. The van der Waals surface area contributed by atoms with Crippen molar-refractivity contribution in [1.29, 1.82) is 0 Å². The van der Waals surface area contributed by atoms with E-state index < -0.39 is 6.04 Å². The summed E-state index contributed by atoms with van der Waals surface area (Å²) in [5.41, 5.74) is 1.35. The molecule has 0 bridgehead atoms. The zero-order chi connectivity index (χ0) is 18.7. The van der Waals surface area contributed by atoms with Gasteiger partial charge in [-0.2, -0.15) is 10.2 Å². The van der Waals surface area contributed by atoms with Crippen LogP contribution in [0.5, 0.6) is 0 Å². The van der Waals surface area contributed by atoms with Crippen molar-refractivity contribution in [3.05, 3.63) is 64.8 Å². The first-order chi connectivity index (χ1) is 12.5. The molecule has 1 aromatic carbocycles. The normalized spacial score (nSPS) is 12.2. The second-order valence-corrected chi connectivity index (χ2v) is 6.41. The molecule has 0 aliphatic heterocycles. The summed E-state index contributed by atoms with van der Waals surface area (Å²) in [6.07, 6.45) is 3.65. The van der Waals surface area contributed by atoms with Gasteiger partial charge in [-0.15, -0.1) is 0 Å². The highest BCUT2D eigenvalue weighted by molar-refractivity contribution is 6.30. The molecule has 1 atom stereocenters. The van der Waals surface area contributed by atoms with Crippen LogP contribution in [0.15, 0.2) is 42.7 Å². The Balaban J connectivity index is 1.74. The van der Waals surface area contributed by atoms with Gasteiger partial charge in [0.15, 0.2) is 5.82 Å². The van der Waals surface area contributed by atoms with Crippen molar-refractivity contribution in [3.8, 4) is 0 Å². The first kappa shape index (κ1) is 18.1. The molecule has 26 heavy (non-hydrogen) atoms. The molecule has 0 aliphatic rings. The minimum absolute atomic E-state index is 0.234. The van der Waals surface area contributed by atoms with Gasteiger partial charge in [-0.1, -0.05) is 36.7 Å². The van der Waals surface area contributed by atoms with Crippen molar-refractivity contribution < 1.29 is 9.18 Å². The summed E-state index contributed by atoms with van der Waals surface area (Å²) in [5, 5.41) is 11.7. The molecule has 136 valence electrons. The van der Waals surface area contributed by atoms with E-state index in [1.165, 1.54) is 16.9 Å². The van der Waals surface area contributed by atoms with Gasteiger partial charge in [0.2, 0.25) is 5.91 Å². The van der Waals surface area contributed by atoms with Crippen LogP contribution in [0.4, 0.5) is 10.2 Å². The molecule has 2 heterocycles. The quantitative estimate of drug-likeness (QED) is 0.712. The fraction of sp³-hybridized carbons (Fsp3) is 0.278. The number of hydrogen-bond acceptors (Lipinski definition) is 3. The lowest BCUT2D eigenvalue weighted by atomic mass is 10.2. The summed E-state index contributed by atoms with van der Waals surface area (Å²) < 4.78 is 17.0. The molecule has 0 aliphatic carbocycles. The van der Waals surface area contributed by atoms with Gasteiger partial charge in [0.1, 0.15) is 11.9 Å². The van der Waals surface area contributed by atoms with Crippen LogP contribution in [0.25, 0.3) is 0 Å². The predicted molar refractivity (Wildman–Crippen MR) is 97.7 cm³/mol. The fourth-order valence-electron chi connectivity index (χ4n) is 2.71. The second-order valence-electron chi connectivity index (χ2n) is 5.97. The molecule has 6 nitrogen and oxygen atoms in total. The molecule has 1 amide bonds.